The maximum Gasteiger partial charge on any atom is 0.353 e. The molecule has 0 aliphatic carbocycles. The first-order valence-electron chi connectivity index (χ1n) is 11.4. The largest absolute Gasteiger partial charge is 0.353 e. The number of aromatic amines is 1. The molecule has 0 atom stereocenters. The van der Waals surface area contributed by atoms with E-state index < -0.39 is 5.69 Å². The lowest BCUT2D eigenvalue weighted by molar-refractivity contribution is 0.0878. The molecule has 0 aliphatic rings. The van der Waals surface area contributed by atoms with Crippen LogP contribution in [0.2, 0.25) is 0 Å². The second kappa shape index (κ2) is 10.7. The first-order chi connectivity index (χ1) is 16.6. The van der Waals surface area contributed by atoms with Crippen LogP contribution < -0.4 is 5.69 Å². The minimum absolute atomic E-state index is 0.263. The van der Waals surface area contributed by atoms with Gasteiger partial charge in [0.1, 0.15) is 5.82 Å². The summed E-state index contributed by atoms with van der Waals surface area (Å²) in [6, 6.07) is 15.8. The molecule has 4 aromatic rings. The topological polar surface area (TPSA) is 111 Å². The number of hydrogen-bond acceptors (Lipinski definition) is 6. The van der Waals surface area contributed by atoms with Crippen molar-refractivity contribution in [3.8, 4) is 22.5 Å². The van der Waals surface area contributed by atoms with Gasteiger partial charge in [-0.1, -0.05) is 74.0 Å². The van der Waals surface area contributed by atoms with Crippen LogP contribution in [-0.2, 0) is 13.0 Å². The van der Waals surface area contributed by atoms with E-state index >= 15 is 0 Å². The number of aromatic nitrogens is 7. The molecule has 0 fully saturated rings. The zero-order valence-corrected chi connectivity index (χ0v) is 19.3. The van der Waals surface area contributed by atoms with Gasteiger partial charge in [-0.25, -0.2) is 4.79 Å². The zero-order valence-electron chi connectivity index (χ0n) is 19.3. The third-order valence-electron chi connectivity index (χ3n) is 5.57. The molecule has 0 amide bonds. The van der Waals surface area contributed by atoms with Crippen LogP contribution in [0.25, 0.3) is 22.5 Å². The molecule has 2 heterocycles. The van der Waals surface area contributed by atoms with E-state index in [1.54, 1.807) is 4.57 Å². The Balaban J connectivity index is 1.62. The minimum atomic E-state index is -0.396. The predicted molar refractivity (Wildman–Crippen MR) is 129 cm³/mol. The number of H-pyrrole nitrogens is 1. The molecular formula is C25H27N7O2. The monoisotopic (exact) mass is 457 g/mol. The van der Waals surface area contributed by atoms with Gasteiger partial charge in [-0.05, 0) is 35.2 Å². The van der Waals surface area contributed by atoms with Gasteiger partial charge in [0.15, 0.2) is 0 Å². The average Bonchev–Trinajstić information content (AvgIpc) is 3.51. The van der Waals surface area contributed by atoms with E-state index in [0.717, 1.165) is 39.8 Å². The van der Waals surface area contributed by atoms with Gasteiger partial charge in [0, 0.05) is 18.4 Å². The fourth-order valence-corrected chi connectivity index (χ4v) is 3.74. The Morgan fingerprint density at radius 1 is 1.09 bits per heavy atom. The van der Waals surface area contributed by atoms with E-state index in [4.69, 9.17) is 0 Å². The average molecular weight is 458 g/mol. The molecular weight excluding hydrogens is 430 g/mol. The maximum absolute atomic E-state index is 13.0. The summed E-state index contributed by atoms with van der Waals surface area (Å²) >= 11 is 0. The summed E-state index contributed by atoms with van der Waals surface area (Å²) in [4.78, 5) is 25.5. The van der Waals surface area contributed by atoms with Gasteiger partial charge in [0.05, 0.1) is 6.54 Å². The van der Waals surface area contributed by atoms with Gasteiger partial charge in [-0.3, -0.25) is 9.36 Å². The smallest absolute Gasteiger partial charge is 0.274 e. The highest BCUT2D eigenvalue weighted by Crippen LogP contribution is 2.29. The Morgan fingerprint density at radius 3 is 2.53 bits per heavy atom. The number of tetrazole rings is 1. The number of carbonyl (C=O) groups excluding carboxylic acids is 1. The highest BCUT2D eigenvalue weighted by Gasteiger charge is 2.18. The van der Waals surface area contributed by atoms with Crippen molar-refractivity contribution in [1.29, 1.82) is 0 Å². The molecule has 0 unspecified atom stereocenters. The Hall–Kier alpha value is -4.14. The molecule has 174 valence electrons. The van der Waals surface area contributed by atoms with Crippen molar-refractivity contribution < 1.29 is 4.79 Å². The van der Waals surface area contributed by atoms with Gasteiger partial charge in [-0.15, -0.1) is 20.0 Å². The Labute approximate surface area is 197 Å². The Kier molecular flexibility index (Phi) is 7.22. The molecule has 0 spiro atoms. The van der Waals surface area contributed by atoms with E-state index in [-0.39, 0.29) is 5.91 Å². The van der Waals surface area contributed by atoms with Gasteiger partial charge in [0.25, 0.3) is 5.91 Å². The van der Waals surface area contributed by atoms with Crippen molar-refractivity contribution in [2.24, 2.45) is 0 Å². The van der Waals surface area contributed by atoms with Crippen molar-refractivity contribution in [2.45, 2.75) is 46.1 Å². The lowest BCUT2D eigenvalue weighted by Crippen LogP contribution is -2.30. The number of nitrogens with zero attached hydrogens (tertiary/aromatic N) is 6. The molecule has 0 bridgehead atoms. The highest BCUT2D eigenvalue weighted by atomic mass is 16.2. The number of carbonyl (C=O) groups is 1. The van der Waals surface area contributed by atoms with E-state index in [9.17, 15) is 9.59 Å². The summed E-state index contributed by atoms with van der Waals surface area (Å²) in [5.41, 5.74) is 3.39. The van der Waals surface area contributed by atoms with E-state index in [2.05, 4.69) is 25.7 Å². The molecule has 34 heavy (non-hydrogen) atoms. The summed E-state index contributed by atoms with van der Waals surface area (Å²) < 4.78 is 2.59. The molecule has 0 aliphatic heterocycles. The molecule has 4 rings (SSSR count). The first-order valence-corrected chi connectivity index (χ1v) is 11.4. The first kappa shape index (κ1) is 23.0. The van der Waals surface area contributed by atoms with Crippen LogP contribution in [0.4, 0.5) is 0 Å². The summed E-state index contributed by atoms with van der Waals surface area (Å²) in [6.45, 7) is 4.26. The normalized spacial score (nSPS) is 11.4. The predicted octanol–water partition coefficient (Wildman–Crippen LogP) is 3.89. The van der Waals surface area contributed by atoms with Crippen LogP contribution >= 0.6 is 0 Å². The number of hydrogen-bond donors (Lipinski definition) is 1. The molecule has 0 saturated carbocycles. The number of benzene rings is 2. The molecule has 1 N–H and O–H groups in total. The second-order valence-electron chi connectivity index (χ2n) is 7.95. The molecule has 9 nitrogen and oxygen atoms in total. The Morgan fingerprint density at radius 2 is 1.85 bits per heavy atom. The van der Waals surface area contributed by atoms with Crippen LogP contribution in [0.1, 0.15) is 49.3 Å². The third kappa shape index (κ3) is 4.93. The summed E-state index contributed by atoms with van der Waals surface area (Å²) in [5, 5.41) is 18.7. The van der Waals surface area contributed by atoms with Gasteiger partial charge in [0.2, 0.25) is 5.82 Å². The quantitative estimate of drug-likeness (QED) is 0.382. The SMILES string of the molecule is CC=CCc1nn(C(=O)CCCC)c(=O)n1Cc1ccc(-c2ccccc2-c2nn[nH]n2)cc1. The van der Waals surface area contributed by atoms with E-state index in [1.807, 2.05) is 74.5 Å². The van der Waals surface area contributed by atoms with Crippen molar-refractivity contribution in [3.63, 3.8) is 0 Å². The fraction of sp³-hybridized carbons (Fsp3) is 0.280. The zero-order chi connectivity index (χ0) is 23.9. The number of nitrogens with one attached hydrogen (secondary N) is 1. The number of allylic oxidation sites excluding steroid dienone is 2. The van der Waals surface area contributed by atoms with Gasteiger partial charge >= 0.3 is 5.69 Å². The maximum atomic E-state index is 13.0. The standard InChI is InChI=1S/C25H27N7O2/c1-3-5-11-22-28-32(23(33)12-6-4-2)25(34)31(22)17-18-13-15-19(16-14-18)20-9-7-8-10-21(20)24-26-29-30-27-24/h3,5,7-10,13-16H,4,6,11-12,17H2,1-2H3,(H,26,27,29,30). The van der Waals surface area contributed by atoms with Crippen LogP contribution in [0, 0.1) is 0 Å². The second-order valence-corrected chi connectivity index (χ2v) is 7.95. The van der Waals surface area contributed by atoms with Crippen molar-refractivity contribution >= 4 is 5.91 Å². The Bertz CT molecular complexity index is 1330. The van der Waals surface area contributed by atoms with E-state index in [0.29, 0.717) is 31.0 Å². The van der Waals surface area contributed by atoms with Crippen molar-refractivity contribution in [1.82, 2.24) is 35.0 Å². The minimum Gasteiger partial charge on any atom is -0.274 e. The van der Waals surface area contributed by atoms with Crippen LogP contribution in [0.3, 0.4) is 0 Å². The molecule has 0 radical (unpaired) electrons. The number of unbranched alkanes of at least 4 members (excludes halogenated alkanes) is 1. The van der Waals surface area contributed by atoms with Crippen molar-refractivity contribution in [2.75, 3.05) is 0 Å². The highest BCUT2D eigenvalue weighted by molar-refractivity contribution is 5.80. The number of rotatable bonds is 9. The van der Waals surface area contributed by atoms with E-state index in [1.165, 1.54) is 0 Å². The molecule has 0 saturated heterocycles. The fourth-order valence-electron chi connectivity index (χ4n) is 3.74. The third-order valence-corrected chi connectivity index (χ3v) is 5.57. The summed E-state index contributed by atoms with van der Waals surface area (Å²) in [6.07, 6.45) is 6.24. The lowest BCUT2D eigenvalue weighted by Gasteiger charge is -2.09. The van der Waals surface area contributed by atoms with Crippen molar-refractivity contribution in [3.05, 3.63) is 82.6 Å². The van der Waals surface area contributed by atoms with Gasteiger partial charge < -0.3 is 0 Å². The molecule has 9 heteroatoms. The van der Waals surface area contributed by atoms with Crippen LogP contribution in [0.5, 0.6) is 0 Å². The summed E-state index contributed by atoms with van der Waals surface area (Å²) in [7, 11) is 0. The van der Waals surface area contributed by atoms with Crippen LogP contribution in [0.15, 0.2) is 65.5 Å². The van der Waals surface area contributed by atoms with Gasteiger partial charge in [-0.2, -0.15) is 5.21 Å². The molecule has 2 aromatic carbocycles. The molecule has 2 aromatic heterocycles. The van der Waals surface area contributed by atoms with Crippen LogP contribution in [-0.4, -0.2) is 40.9 Å². The lowest BCUT2D eigenvalue weighted by atomic mass is 9.98. The summed E-state index contributed by atoms with van der Waals surface area (Å²) in [5.74, 6) is 0.834.